The standard InChI is InChI=1S/C27H31N9O2/c1-4-23(37)20-14-28-25(33-24-12-18(29-16-30-24)15-36-10-5-6-11-36)13-22(20)32-21-9-7-8-19(26(21)38-3)27-31-17-35(2)34-27/h7-9,12-14,16-17H,4-6,10-11,15H2,1-3H3,(H2,28,29,30,32,33). The lowest BCUT2D eigenvalue weighted by Crippen LogP contribution is -2.19. The summed E-state index contributed by atoms with van der Waals surface area (Å²) in [6, 6.07) is 9.40. The Labute approximate surface area is 221 Å². The number of ketones is 1. The smallest absolute Gasteiger partial charge is 0.184 e. The second-order valence-electron chi connectivity index (χ2n) is 9.15. The summed E-state index contributed by atoms with van der Waals surface area (Å²) in [4.78, 5) is 32.8. The van der Waals surface area contributed by atoms with E-state index in [4.69, 9.17) is 4.74 Å². The van der Waals surface area contributed by atoms with Crippen molar-refractivity contribution in [2.45, 2.75) is 32.7 Å². The highest BCUT2D eigenvalue weighted by Crippen LogP contribution is 2.37. The van der Waals surface area contributed by atoms with Crippen LogP contribution in [0.15, 0.2) is 49.2 Å². The number of likely N-dealkylation sites (tertiary alicyclic amines) is 1. The van der Waals surface area contributed by atoms with Crippen LogP contribution in [-0.2, 0) is 13.6 Å². The molecule has 0 amide bonds. The Morgan fingerprint density at radius 3 is 2.58 bits per heavy atom. The van der Waals surface area contributed by atoms with E-state index in [9.17, 15) is 4.79 Å². The predicted molar refractivity (Wildman–Crippen MR) is 145 cm³/mol. The number of aromatic nitrogens is 6. The van der Waals surface area contributed by atoms with E-state index >= 15 is 0 Å². The van der Waals surface area contributed by atoms with Crippen LogP contribution in [0.3, 0.4) is 0 Å². The van der Waals surface area contributed by atoms with Crippen LogP contribution in [0, 0.1) is 0 Å². The van der Waals surface area contributed by atoms with Gasteiger partial charge in [-0.25, -0.2) is 19.9 Å². The zero-order valence-electron chi connectivity index (χ0n) is 21.8. The lowest BCUT2D eigenvalue weighted by atomic mass is 10.1. The van der Waals surface area contributed by atoms with E-state index in [0.29, 0.717) is 46.6 Å². The monoisotopic (exact) mass is 513 g/mol. The highest BCUT2D eigenvalue weighted by molar-refractivity contribution is 6.02. The third-order valence-electron chi connectivity index (χ3n) is 6.42. The molecular formula is C27H31N9O2. The van der Waals surface area contributed by atoms with Gasteiger partial charge in [-0.3, -0.25) is 14.4 Å². The first-order chi connectivity index (χ1) is 18.5. The number of Topliss-reactive ketones (excluding diaryl/α,β-unsaturated/α-hetero) is 1. The van der Waals surface area contributed by atoms with Crippen LogP contribution in [0.25, 0.3) is 11.4 Å². The van der Waals surface area contributed by atoms with Gasteiger partial charge in [-0.2, -0.15) is 5.10 Å². The fraction of sp³-hybridized carbons (Fsp3) is 0.333. The Bertz CT molecular complexity index is 1430. The van der Waals surface area contributed by atoms with Gasteiger partial charge in [0, 0.05) is 38.3 Å². The first kappa shape index (κ1) is 25.3. The molecule has 0 saturated carbocycles. The van der Waals surface area contributed by atoms with E-state index in [1.54, 1.807) is 36.7 Å². The Morgan fingerprint density at radius 2 is 1.84 bits per heavy atom. The maximum absolute atomic E-state index is 12.8. The number of aryl methyl sites for hydroxylation is 1. The molecule has 11 nitrogen and oxygen atoms in total. The van der Waals surface area contributed by atoms with Gasteiger partial charge in [0.1, 0.15) is 24.3 Å². The first-order valence-electron chi connectivity index (χ1n) is 12.7. The van der Waals surface area contributed by atoms with Gasteiger partial charge in [-0.15, -0.1) is 0 Å². The molecule has 5 rings (SSSR count). The number of benzene rings is 1. The number of ether oxygens (including phenoxy) is 1. The molecule has 0 bridgehead atoms. The highest BCUT2D eigenvalue weighted by Gasteiger charge is 2.18. The molecule has 1 aliphatic rings. The number of methoxy groups -OCH3 is 1. The number of rotatable bonds is 10. The summed E-state index contributed by atoms with van der Waals surface area (Å²) in [5.41, 5.74) is 3.45. The highest BCUT2D eigenvalue weighted by atomic mass is 16.5. The molecular weight excluding hydrogens is 482 g/mol. The summed E-state index contributed by atoms with van der Waals surface area (Å²) in [6.07, 6.45) is 7.58. The number of para-hydroxylation sites is 1. The molecule has 4 heterocycles. The van der Waals surface area contributed by atoms with Crippen molar-refractivity contribution >= 4 is 28.8 Å². The molecule has 1 aliphatic heterocycles. The number of hydrogen-bond acceptors (Lipinski definition) is 10. The van der Waals surface area contributed by atoms with E-state index < -0.39 is 0 Å². The Balaban J connectivity index is 1.44. The van der Waals surface area contributed by atoms with Crippen molar-refractivity contribution < 1.29 is 9.53 Å². The van der Waals surface area contributed by atoms with Crippen molar-refractivity contribution in [2.24, 2.45) is 7.05 Å². The maximum atomic E-state index is 12.8. The number of carbonyl (C=O) groups is 1. The van der Waals surface area contributed by atoms with Crippen molar-refractivity contribution in [3.8, 4) is 17.1 Å². The molecule has 1 fully saturated rings. The topological polar surface area (TPSA) is 123 Å². The van der Waals surface area contributed by atoms with Crippen molar-refractivity contribution in [3.05, 3.63) is 60.4 Å². The van der Waals surface area contributed by atoms with E-state index in [1.165, 1.54) is 12.8 Å². The number of pyridine rings is 1. The Hall–Kier alpha value is -4.38. The van der Waals surface area contributed by atoms with Crippen molar-refractivity contribution in [1.29, 1.82) is 0 Å². The second-order valence-corrected chi connectivity index (χ2v) is 9.15. The summed E-state index contributed by atoms with van der Waals surface area (Å²) in [5.74, 6) is 2.28. The lowest BCUT2D eigenvalue weighted by Gasteiger charge is -2.17. The third kappa shape index (κ3) is 5.62. The van der Waals surface area contributed by atoms with Gasteiger partial charge >= 0.3 is 0 Å². The summed E-state index contributed by atoms with van der Waals surface area (Å²) >= 11 is 0. The van der Waals surface area contributed by atoms with Crippen LogP contribution in [0.5, 0.6) is 5.75 Å². The maximum Gasteiger partial charge on any atom is 0.184 e. The van der Waals surface area contributed by atoms with Gasteiger partial charge < -0.3 is 15.4 Å². The van der Waals surface area contributed by atoms with Crippen LogP contribution in [-0.4, -0.2) is 60.6 Å². The van der Waals surface area contributed by atoms with Gasteiger partial charge in [0.15, 0.2) is 17.4 Å². The van der Waals surface area contributed by atoms with Crippen LogP contribution < -0.4 is 15.4 Å². The average molecular weight is 514 g/mol. The number of carbonyl (C=O) groups excluding carboxylic acids is 1. The summed E-state index contributed by atoms with van der Waals surface area (Å²) in [7, 11) is 3.41. The predicted octanol–water partition coefficient (Wildman–Crippen LogP) is 4.35. The Morgan fingerprint density at radius 1 is 1.03 bits per heavy atom. The fourth-order valence-corrected chi connectivity index (χ4v) is 4.53. The molecule has 1 aromatic carbocycles. The minimum absolute atomic E-state index is 0.0250. The van der Waals surface area contributed by atoms with E-state index in [2.05, 4.69) is 40.6 Å². The Kier molecular flexibility index (Phi) is 7.55. The van der Waals surface area contributed by atoms with E-state index in [1.807, 2.05) is 38.2 Å². The first-order valence-corrected chi connectivity index (χ1v) is 12.7. The normalized spacial score (nSPS) is 13.4. The molecule has 2 N–H and O–H groups in total. The molecule has 4 aromatic rings. The molecule has 38 heavy (non-hydrogen) atoms. The second kappa shape index (κ2) is 11.3. The minimum Gasteiger partial charge on any atom is -0.494 e. The average Bonchev–Trinajstić information content (AvgIpc) is 3.60. The van der Waals surface area contributed by atoms with Crippen LogP contribution in [0.2, 0.25) is 0 Å². The third-order valence-corrected chi connectivity index (χ3v) is 6.42. The van der Waals surface area contributed by atoms with Gasteiger partial charge in [-0.05, 0) is 38.1 Å². The quantitative estimate of drug-likeness (QED) is 0.296. The molecule has 11 heteroatoms. The van der Waals surface area contributed by atoms with E-state index in [-0.39, 0.29) is 5.78 Å². The van der Waals surface area contributed by atoms with Gasteiger partial charge in [-0.1, -0.05) is 13.0 Å². The number of nitrogens with zero attached hydrogens (tertiary/aromatic N) is 7. The van der Waals surface area contributed by atoms with Crippen LogP contribution in [0.1, 0.15) is 42.2 Å². The van der Waals surface area contributed by atoms with Gasteiger partial charge in [0.25, 0.3) is 0 Å². The largest absolute Gasteiger partial charge is 0.494 e. The number of hydrogen-bond donors (Lipinski definition) is 2. The fourth-order valence-electron chi connectivity index (χ4n) is 4.53. The zero-order chi connectivity index (χ0) is 26.5. The molecule has 0 radical (unpaired) electrons. The van der Waals surface area contributed by atoms with Crippen molar-refractivity contribution in [2.75, 3.05) is 30.8 Å². The number of anilines is 4. The molecule has 1 saturated heterocycles. The van der Waals surface area contributed by atoms with Gasteiger partial charge in [0.05, 0.1) is 35.3 Å². The molecule has 196 valence electrons. The van der Waals surface area contributed by atoms with E-state index in [0.717, 1.165) is 30.9 Å². The summed E-state index contributed by atoms with van der Waals surface area (Å²) in [6.45, 7) is 4.81. The number of nitrogens with one attached hydrogen (secondary N) is 2. The minimum atomic E-state index is -0.0250. The lowest BCUT2D eigenvalue weighted by molar-refractivity contribution is 0.0988. The molecule has 0 spiro atoms. The van der Waals surface area contributed by atoms with Crippen molar-refractivity contribution in [1.82, 2.24) is 34.6 Å². The van der Waals surface area contributed by atoms with Crippen LogP contribution in [0.4, 0.5) is 23.0 Å². The summed E-state index contributed by atoms with van der Waals surface area (Å²) in [5, 5.41) is 11.1. The molecule has 0 aliphatic carbocycles. The van der Waals surface area contributed by atoms with Crippen LogP contribution >= 0.6 is 0 Å². The SMILES string of the molecule is CCC(=O)c1cnc(Nc2cc(CN3CCCC3)ncn2)cc1Nc1cccc(-c2ncn(C)n2)c1OC. The molecule has 0 unspecified atom stereocenters. The summed E-state index contributed by atoms with van der Waals surface area (Å²) < 4.78 is 7.38. The molecule has 3 aromatic heterocycles. The zero-order valence-corrected chi connectivity index (χ0v) is 21.8. The molecule has 0 atom stereocenters. The van der Waals surface area contributed by atoms with Crippen molar-refractivity contribution in [3.63, 3.8) is 0 Å². The van der Waals surface area contributed by atoms with Gasteiger partial charge in [0.2, 0.25) is 0 Å².